The largest absolute Gasteiger partial charge is 0.497 e. The van der Waals surface area contributed by atoms with Crippen LogP contribution in [0.5, 0.6) is 5.75 Å². The zero-order valence-corrected chi connectivity index (χ0v) is 19.7. The number of hydrogen-bond acceptors (Lipinski definition) is 4. The first kappa shape index (κ1) is 23.3. The SMILES string of the molecule is COc1cccc(CN(C)C(=O)Cn2c(=N)n(CC(=O)c3ccc(Cl)cc3)c3ccccc32)c1. The highest BCUT2D eigenvalue weighted by Gasteiger charge is 2.18. The topological polar surface area (TPSA) is 80.3 Å². The Morgan fingerprint density at radius 3 is 2.24 bits per heavy atom. The van der Waals surface area contributed by atoms with Crippen LogP contribution in [-0.4, -0.2) is 39.9 Å². The summed E-state index contributed by atoms with van der Waals surface area (Å²) in [7, 11) is 3.34. The maximum atomic E-state index is 13.1. The number of nitrogens with zero attached hydrogens (tertiary/aromatic N) is 3. The highest BCUT2D eigenvalue weighted by molar-refractivity contribution is 6.30. The van der Waals surface area contributed by atoms with Gasteiger partial charge in [0.2, 0.25) is 11.5 Å². The average molecular weight is 477 g/mol. The van der Waals surface area contributed by atoms with Crippen molar-refractivity contribution >= 4 is 34.3 Å². The van der Waals surface area contributed by atoms with E-state index in [-0.39, 0.29) is 30.4 Å². The number of rotatable bonds is 8. The number of nitrogens with one attached hydrogen (secondary N) is 1. The van der Waals surface area contributed by atoms with E-state index in [1.807, 2.05) is 48.5 Å². The van der Waals surface area contributed by atoms with Crippen molar-refractivity contribution in [3.05, 3.63) is 94.6 Å². The summed E-state index contributed by atoms with van der Waals surface area (Å²) >= 11 is 5.93. The molecule has 34 heavy (non-hydrogen) atoms. The van der Waals surface area contributed by atoms with Gasteiger partial charge in [0.1, 0.15) is 12.3 Å². The Morgan fingerprint density at radius 2 is 1.59 bits per heavy atom. The average Bonchev–Trinajstić information content (AvgIpc) is 3.10. The predicted octanol–water partition coefficient (Wildman–Crippen LogP) is 4.13. The maximum Gasteiger partial charge on any atom is 0.242 e. The summed E-state index contributed by atoms with van der Waals surface area (Å²) in [4.78, 5) is 27.5. The molecule has 1 amide bonds. The molecule has 3 aromatic carbocycles. The smallest absolute Gasteiger partial charge is 0.242 e. The van der Waals surface area contributed by atoms with Crippen molar-refractivity contribution in [3.63, 3.8) is 0 Å². The molecule has 0 aliphatic heterocycles. The van der Waals surface area contributed by atoms with Crippen molar-refractivity contribution in [2.45, 2.75) is 19.6 Å². The van der Waals surface area contributed by atoms with Gasteiger partial charge in [0.25, 0.3) is 0 Å². The first-order valence-electron chi connectivity index (χ1n) is 10.8. The molecule has 0 bridgehead atoms. The maximum absolute atomic E-state index is 13.1. The summed E-state index contributed by atoms with van der Waals surface area (Å²) in [6, 6.07) is 21.7. The molecular formula is C26H25ClN4O3. The normalized spacial score (nSPS) is 10.9. The first-order chi connectivity index (χ1) is 16.4. The number of carbonyl (C=O) groups excluding carboxylic acids is 2. The molecule has 0 aliphatic rings. The minimum Gasteiger partial charge on any atom is -0.497 e. The highest BCUT2D eigenvalue weighted by atomic mass is 35.5. The molecular weight excluding hydrogens is 452 g/mol. The molecule has 7 nitrogen and oxygen atoms in total. The number of ether oxygens (including phenoxy) is 1. The van der Waals surface area contributed by atoms with E-state index >= 15 is 0 Å². The number of halogens is 1. The lowest BCUT2D eigenvalue weighted by Crippen LogP contribution is -2.35. The minimum absolute atomic E-state index is 0.0120. The third-order valence-corrected chi connectivity index (χ3v) is 5.97. The van der Waals surface area contributed by atoms with Crippen molar-refractivity contribution in [2.75, 3.05) is 14.2 Å². The molecule has 174 valence electrons. The summed E-state index contributed by atoms with van der Waals surface area (Å²) < 4.78 is 8.52. The highest BCUT2D eigenvalue weighted by Crippen LogP contribution is 2.17. The van der Waals surface area contributed by atoms with Crippen molar-refractivity contribution in [1.29, 1.82) is 5.41 Å². The lowest BCUT2D eigenvalue weighted by molar-refractivity contribution is -0.131. The van der Waals surface area contributed by atoms with Crippen LogP contribution < -0.4 is 10.4 Å². The van der Waals surface area contributed by atoms with E-state index in [1.165, 1.54) is 0 Å². The van der Waals surface area contributed by atoms with Gasteiger partial charge >= 0.3 is 0 Å². The second-order valence-electron chi connectivity index (χ2n) is 8.02. The van der Waals surface area contributed by atoms with Gasteiger partial charge in [0.15, 0.2) is 5.78 Å². The van der Waals surface area contributed by atoms with E-state index < -0.39 is 0 Å². The standard InChI is InChI=1S/C26H25ClN4O3/c1-29(15-18-6-5-7-21(14-18)34-2)25(33)17-31-23-9-4-3-8-22(23)30(26(31)28)16-24(32)19-10-12-20(27)13-11-19/h3-14,28H,15-17H2,1-2H3. The van der Waals surface area contributed by atoms with Gasteiger partial charge in [-0.05, 0) is 54.1 Å². The van der Waals surface area contributed by atoms with E-state index in [0.29, 0.717) is 17.1 Å². The Morgan fingerprint density at radius 1 is 0.941 bits per heavy atom. The summed E-state index contributed by atoms with van der Waals surface area (Å²) in [5.41, 5.74) is 2.99. The number of benzene rings is 3. The number of aromatic nitrogens is 2. The zero-order chi connectivity index (χ0) is 24.2. The molecule has 4 aromatic rings. The number of hydrogen-bond donors (Lipinski definition) is 1. The lowest BCUT2D eigenvalue weighted by Gasteiger charge is -2.18. The van der Waals surface area contributed by atoms with Gasteiger partial charge in [-0.2, -0.15) is 0 Å². The molecule has 0 radical (unpaired) electrons. The number of likely N-dealkylation sites (N-methyl/N-ethyl adjacent to an activating group) is 1. The Balaban J connectivity index is 1.58. The Kier molecular flexibility index (Phi) is 6.84. The molecule has 0 atom stereocenters. The molecule has 1 heterocycles. The molecule has 0 spiro atoms. The van der Waals surface area contributed by atoms with Gasteiger partial charge in [0.05, 0.1) is 24.7 Å². The number of Topliss-reactive ketones (excluding diaryl/α,β-unsaturated/α-hetero) is 1. The number of para-hydroxylation sites is 2. The molecule has 0 aliphatic carbocycles. The Hall–Kier alpha value is -3.84. The Labute approximate surface area is 202 Å². The quantitative estimate of drug-likeness (QED) is 0.388. The van der Waals surface area contributed by atoms with Crippen LogP contribution in [0.3, 0.4) is 0 Å². The van der Waals surface area contributed by atoms with Crippen LogP contribution in [0.25, 0.3) is 11.0 Å². The van der Waals surface area contributed by atoms with Gasteiger partial charge in [-0.15, -0.1) is 0 Å². The molecule has 1 aromatic heterocycles. The van der Waals surface area contributed by atoms with Gasteiger partial charge in [0, 0.05) is 24.2 Å². The third-order valence-electron chi connectivity index (χ3n) is 5.72. The fraction of sp³-hybridized carbons (Fsp3) is 0.192. The molecule has 8 heteroatoms. The van der Waals surface area contributed by atoms with E-state index in [0.717, 1.165) is 22.3 Å². The molecule has 1 N–H and O–H groups in total. The summed E-state index contributed by atoms with van der Waals surface area (Å²) in [6.07, 6.45) is 0. The molecule has 4 rings (SSSR count). The van der Waals surface area contributed by atoms with Crippen LogP contribution in [0.15, 0.2) is 72.8 Å². The van der Waals surface area contributed by atoms with Crippen LogP contribution >= 0.6 is 11.6 Å². The second-order valence-corrected chi connectivity index (χ2v) is 8.45. The fourth-order valence-electron chi connectivity index (χ4n) is 3.87. The van der Waals surface area contributed by atoms with Crippen molar-refractivity contribution < 1.29 is 14.3 Å². The van der Waals surface area contributed by atoms with Crippen molar-refractivity contribution in [3.8, 4) is 5.75 Å². The van der Waals surface area contributed by atoms with E-state index in [9.17, 15) is 9.59 Å². The van der Waals surface area contributed by atoms with E-state index in [4.69, 9.17) is 21.7 Å². The fourth-order valence-corrected chi connectivity index (χ4v) is 4.00. The number of methoxy groups -OCH3 is 1. The summed E-state index contributed by atoms with van der Waals surface area (Å²) in [6.45, 7) is 0.390. The second kappa shape index (κ2) is 9.97. The number of fused-ring (bicyclic) bond motifs is 1. The number of amides is 1. The van der Waals surface area contributed by atoms with Gasteiger partial charge in [-0.25, -0.2) is 0 Å². The summed E-state index contributed by atoms with van der Waals surface area (Å²) in [5.74, 6) is 0.447. The zero-order valence-electron chi connectivity index (χ0n) is 19.0. The van der Waals surface area contributed by atoms with Crippen molar-refractivity contribution in [2.24, 2.45) is 0 Å². The van der Waals surface area contributed by atoms with Gasteiger partial charge in [-0.3, -0.25) is 15.0 Å². The van der Waals surface area contributed by atoms with Crippen LogP contribution in [0, 0.1) is 5.41 Å². The third kappa shape index (κ3) is 4.89. The first-order valence-corrected chi connectivity index (χ1v) is 11.1. The number of ketones is 1. The van der Waals surface area contributed by atoms with Crippen LogP contribution in [0.4, 0.5) is 0 Å². The van der Waals surface area contributed by atoms with Crippen molar-refractivity contribution in [1.82, 2.24) is 14.0 Å². The van der Waals surface area contributed by atoms with E-state index in [2.05, 4.69) is 0 Å². The molecule has 0 fully saturated rings. The molecule has 0 saturated carbocycles. The number of imidazole rings is 1. The van der Waals surface area contributed by atoms with Crippen LogP contribution in [0.1, 0.15) is 15.9 Å². The van der Waals surface area contributed by atoms with Crippen LogP contribution in [0.2, 0.25) is 5.02 Å². The van der Waals surface area contributed by atoms with E-state index in [1.54, 1.807) is 52.5 Å². The molecule has 0 unspecified atom stereocenters. The predicted molar refractivity (Wildman–Crippen MR) is 131 cm³/mol. The minimum atomic E-state index is -0.145. The summed E-state index contributed by atoms with van der Waals surface area (Å²) in [5, 5.41) is 9.29. The van der Waals surface area contributed by atoms with Gasteiger partial charge in [-0.1, -0.05) is 35.9 Å². The number of carbonyl (C=O) groups is 2. The van der Waals surface area contributed by atoms with Crippen LogP contribution in [-0.2, 0) is 24.4 Å². The molecule has 0 saturated heterocycles. The monoisotopic (exact) mass is 476 g/mol. The Bertz CT molecular complexity index is 1410. The lowest BCUT2D eigenvalue weighted by atomic mass is 10.1. The van der Waals surface area contributed by atoms with Gasteiger partial charge < -0.3 is 18.8 Å².